The number of nitrogens with zero attached hydrogens (tertiary/aromatic N) is 1. The van der Waals surface area contributed by atoms with Gasteiger partial charge < -0.3 is 25.6 Å². The van der Waals surface area contributed by atoms with E-state index in [1.807, 2.05) is 0 Å². The predicted molar refractivity (Wildman–Crippen MR) is 85.8 cm³/mol. The molecule has 0 saturated carbocycles. The van der Waals surface area contributed by atoms with Crippen LogP contribution in [0.3, 0.4) is 0 Å². The Balaban J connectivity index is 1.87. The molecule has 3 atom stereocenters. The number of β-lactam (4-membered cyclic amide) rings is 1. The molecule has 2 amide bonds. The van der Waals surface area contributed by atoms with E-state index < -0.39 is 24.1 Å². The van der Waals surface area contributed by atoms with E-state index >= 15 is 0 Å². The number of hydrogen-bond acceptors (Lipinski definition) is 5. The van der Waals surface area contributed by atoms with Gasteiger partial charge >= 0.3 is 12.1 Å². The number of amides is 2. The van der Waals surface area contributed by atoms with Crippen LogP contribution in [0.25, 0.3) is 5.57 Å². The first-order valence-corrected chi connectivity index (χ1v) is 7.80. The fourth-order valence-corrected chi connectivity index (χ4v) is 3.48. The first-order chi connectivity index (χ1) is 11.8. The summed E-state index contributed by atoms with van der Waals surface area (Å²) in [5.41, 5.74) is 6.82. The highest BCUT2D eigenvalue weighted by Gasteiger charge is 2.56. The number of carboxylic acid groups (broad SMARTS) is 1. The molecule has 2 aliphatic heterocycles. The second-order valence-electron chi connectivity index (χ2n) is 6.18. The molecule has 0 unspecified atom stereocenters. The molecule has 0 aromatic heterocycles. The third kappa shape index (κ3) is 2.85. The summed E-state index contributed by atoms with van der Waals surface area (Å²) in [6.45, 7) is 1.56. The second kappa shape index (κ2) is 6.21. The number of fused-ring (bicyclic) bond motifs is 1. The van der Waals surface area contributed by atoms with Gasteiger partial charge in [-0.3, -0.25) is 4.79 Å². The molecule has 0 spiro atoms. The minimum absolute atomic E-state index is 0.0256. The highest BCUT2D eigenvalue weighted by Crippen LogP contribution is 2.46. The molecular weight excluding hydrogens is 328 g/mol. The van der Waals surface area contributed by atoms with Crippen LogP contribution in [0.4, 0.5) is 4.79 Å². The molecule has 1 saturated heterocycles. The molecule has 3 rings (SSSR count). The van der Waals surface area contributed by atoms with E-state index in [0.29, 0.717) is 23.1 Å². The third-order valence-electron chi connectivity index (χ3n) is 4.61. The zero-order chi connectivity index (χ0) is 18.3. The molecule has 1 aromatic carbocycles. The van der Waals surface area contributed by atoms with Crippen molar-refractivity contribution in [3.05, 3.63) is 41.1 Å². The first kappa shape index (κ1) is 17.0. The van der Waals surface area contributed by atoms with Crippen LogP contribution in [-0.4, -0.2) is 45.2 Å². The Morgan fingerprint density at radius 1 is 1.36 bits per heavy atom. The van der Waals surface area contributed by atoms with Crippen LogP contribution in [0.2, 0.25) is 0 Å². The fraction of sp³-hybridized carbons (Fsp3) is 0.353. The standard InChI is InChI=1S/C17H18N2O6/c1-8(20)13-12-6-11(14(16(22)23)19(12)15(13)21)10-4-2-9(3-5-10)7-25-17(18)24/h2-5,8,12-13,20H,6-7H2,1H3,(H2,18,24)(H,22,23)/t8-,12-,13-/m1/s1. The molecule has 2 aliphatic rings. The topological polar surface area (TPSA) is 130 Å². The molecule has 0 aliphatic carbocycles. The Morgan fingerprint density at radius 2 is 2.00 bits per heavy atom. The Morgan fingerprint density at radius 3 is 2.52 bits per heavy atom. The molecule has 1 fully saturated rings. The van der Waals surface area contributed by atoms with Gasteiger partial charge in [-0.1, -0.05) is 24.3 Å². The van der Waals surface area contributed by atoms with Gasteiger partial charge in [0, 0.05) is 0 Å². The van der Waals surface area contributed by atoms with E-state index in [1.54, 1.807) is 24.3 Å². The van der Waals surface area contributed by atoms with Crippen LogP contribution in [0.5, 0.6) is 0 Å². The van der Waals surface area contributed by atoms with E-state index in [0.717, 1.165) is 0 Å². The van der Waals surface area contributed by atoms with Crippen LogP contribution in [0, 0.1) is 5.92 Å². The maximum atomic E-state index is 12.2. The van der Waals surface area contributed by atoms with Gasteiger partial charge in [-0.15, -0.1) is 0 Å². The summed E-state index contributed by atoms with van der Waals surface area (Å²) in [6, 6.07) is 6.51. The van der Waals surface area contributed by atoms with Gasteiger partial charge in [0.2, 0.25) is 5.91 Å². The number of carbonyl (C=O) groups excluding carboxylic acids is 2. The van der Waals surface area contributed by atoms with Gasteiger partial charge in [0.1, 0.15) is 12.3 Å². The highest BCUT2D eigenvalue weighted by atomic mass is 16.5. The monoisotopic (exact) mass is 346 g/mol. The number of ether oxygens (including phenoxy) is 1. The average Bonchev–Trinajstić information content (AvgIpc) is 2.88. The van der Waals surface area contributed by atoms with Crippen LogP contribution < -0.4 is 5.73 Å². The number of hydrogen-bond donors (Lipinski definition) is 3. The van der Waals surface area contributed by atoms with Crippen molar-refractivity contribution in [3.63, 3.8) is 0 Å². The van der Waals surface area contributed by atoms with Crippen molar-refractivity contribution in [3.8, 4) is 0 Å². The van der Waals surface area contributed by atoms with E-state index in [4.69, 9.17) is 10.5 Å². The fourth-order valence-electron chi connectivity index (χ4n) is 3.48. The van der Waals surface area contributed by atoms with Gasteiger partial charge in [-0.25, -0.2) is 9.59 Å². The highest BCUT2D eigenvalue weighted by molar-refractivity contribution is 6.06. The smallest absolute Gasteiger partial charge is 0.404 e. The summed E-state index contributed by atoms with van der Waals surface area (Å²) in [5, 5.41) is 19.3. The Kier molecular flexibility index (Phi) is 4.22. The van der Waals surface area contributed by atoms with Crippen molar-refractivity contribution in [2.24, 2.45) is 11.7 Å². The van der Waals surface area contributed by atoms with Crippen molar-refractivity contribution >= 4 is 23.5 Å². The van der Waals surface area contributed by atoms with Gasteiger partial charge in [0.15, 0.2) is 0 Å². The molecule has 2 heterocycles. The molecule has 8 heteroatoms. The molecule has 1 aromatic rings. The van der Waals surface area contributed by atoms with Crippen LogP contribution in [0.1, 0.15) is 24.5 Å². The number of benzene rings is 1. The Bertz CT molecular complexity index is 768. The molecule has 0 radical (unpaired) electrons. The maximum Gasteiger partial charge on any atom is 0.404 e. The molecule has 8 nitrogen and oxygen atoms in total. The van der Waals surface area contributed by atoms with Crippen molar-refractivity contribution in [2.75, 3.05) is 0 Å². The first-order valence-electron chi connectivity index (χ1n) is 7.80. The van der Waals surface area contributed by atoms with E-state index in [-0.39, 0.29) is 24.3 Å². The second-order valence-corrected chi connectivity index (χ2v) is 6.18. The largest absolute Gasteiger partial charge is 0.477 e. The van der Waals surface area contributed by atoms with Crippen LogP contribution in [0.15, 0.2) is 30.0 Å². The predicted octanol–water partition coefficient (Wildman–Crippen LogP) is 0.689. The quantitative estimate of drug-likeness (QED) is 0.673. The molecule has 4 N–H and O–H groups in total. The molecule has 0 bridgehead atoms. The lowest BCUT2D eigenvalue weighted by Crippen LogP contribution is -2.61. The zero-order valence-electron chi connectivity index (χ0n) is 13.5. The van der Waals surface area contributed by atoms with Crippen LogP contribution >= 0.6 is 0 Å². The number of carbonyl (C=O) groups is 3. The number of carboxylic acids is 1. The number of aliphatic hydroxyl groups is 1. The van der Waals surface area contributed by atoms with Crippen LogP contribution in [-0.2, 0) is 20.9 Å². The normalized spacial score (nSPS) is 23.1. The SMILES string of the molecule is C[C@@H](O)[C@H]1C(=O)N2C(C(=O)O)=C(c3ccc(COC(N)=O)cc3)C[C@H]12. The average molecular weight is 346 g/mol. The van der Waals surface area contributed by atoms with Crippen molar-refractivity contribution in [1.82, 2.24) is 4.90 Å². The number of aliphatic hydroxyl groups excluding tert-OH is 1. The lowest BCUT2D eigenvalue weighted by atomic mass is 9.82. The molecular formula is C17H18N2O6. The minimum atomic E-state index is -1.17. The summed E-state index contributed by atoms with van der Waals surface area (Å²) in [6.07, 6.45) is -1.32. The summed E-state index contributed by atoms with van der Waals surface area (Å²) < 4.78 is 4.70. The van der Waals surface area contributed by atoms with E-state index in [9.17, 15) is 24.6 Å². The molecule has 132 valence electrons. The summed E-state index contributed by atoms with van der Waals surface area (Å²) in [5.74, 6) is -2.11. The maximum absolute atomic E-state index is 12.2. The lowest BCUT2D eigenvalue weighted by Gasteiger charge is -2.44. The minimum Gasteiger partial charge on any atom is -0.477 e. The summed E-state index contributed by atoms with van der Waals surface area (Å²) in [7, 11) is 0. The number of nitrogens with two attached hydrogens (primary N) is 1. The zero-order valence-corrected chi connectivity index (χ0v) is 13.5. The third-order valence-corrected chi connectivity index (χ3v) is 4.61. The van der Waals surface area contributed by atoms with Crippen molar-refractivity contribution < 1.29 is 29.3 Å². The Labute approximate surface area is 143 Å². The van der Waals surface area contributed by atoms with Gasteiger partial charge in [0.05, 0.1) is 18.1 Å². The van der Waals surface area contributed by atoms with Gasteiger partial charge in [0.25, 0.3) is 0 Å². The number of aliphatic carboxylic acids is 1. The van der Waals surface area contributed by atoms with E-state index in [1.165, 1.54) is 11.8 Å². The summed E-state index contributed by atoms with van der Waals surface area (Å²) in [4.78, 5) is 35.7. The Hall–Kier alpha value is -2.87. The van der Waals surface area contributed by atoms with E-state index in [2.05, 4.69) is 0 Å². The van der Waals surface area contributed by atoms with Crippen molar-refractivity contribution in [2.45, 2.75) is 32.1 Å². The van der Waals surface area contributed by atoms with Gasteiger partial charge in [-0.05, 0) is 30.0 Å². The van der Waals surface area contributed by atoms with Crippen molar-refractivity contribution in [1.29, 1.82) is 0 Å². The lowest BCUT2D eigenvalue weighted by molar-refractivity contribution is -0.161. The summed E-state index contributed by atoms with van der Waals surface area (Å²) >= 11 is 0. The molecule has 25 heavy (non-hydrogen) atoms. The van der Waals surface area contributed by atoms with Gasteiger partial charge in [-0.2, -0.15) is 0 Å². The number of rotatable bonds is 5. The number of primary amides is 1.